The van der Waals surface area contributed by atoms with Gasteiger partial charge in [-0.2, -0.15) is 0 Å². The Hall–Kier alpha value is -2.03. The number of aliphatic imine (C=N–C) groups is 1. The van der Waals surface area contributed by atoms with Gasteiger partial charge >= 0.3 is 0 Å². The molecule has 3 rings (SSSR count). The Bertz CT molecular complexity index is 716. The molecule has 2 aromatic rings. The number of fused-ring (bicyclic) bond motifs is 1. The predicted octanol–water partition coefficient (Wildman–Crippen LogP) is 3.08. The highest BCUT2D eigenvalue weighted by molar-refractivity contribution is 14.0. The maximum Gasteiger partial charge on any atom is 0.225 e. The third kappa shape index (κ3) is 5.22. The van der Waals surface area contributed by atoms with Gasteiger partial charge in [0.25, 0.3) is 0 Å². The van der Waals surface area contributed by atoms with E-state index in [1.165, 1.54) is 0 Å². The number of furan rings is 1. The Labute approximate surface area is 164 Å². The van der Waals surface area contributed by atoms with E-state index >= 15 is 0 Å². The van der Waals surface area contributed by atoms with Crippen LogP contribution in [0.25, 0.3) is 0 Å². The van der Waals surface area contributed by atoms with Crippen LogP contribution in [-0.4, -0.2) is 25.0 Å². The molecule has 0 spiro atoms. The van der Waals surface area contributed by atoms with Gasteiger partial charge in [0, 0.05) is 31.1 Å². The van der Waals surface area contributed by atoms with Gasteiger partial charge in [0.2, 0.25) is 5.91 Å². The summed E-state index contributed by atoms with van der Waals surface area (Å²) in [4.78, 5) is 16.4. The summed E-state index contributed by atoms with van der Waals surface area (Å²) in [6, 6.07) is 11.7. The molecule has 7 heteroatoms. The molecular formula is C18H23IN4O2. The molecule has 0 aliphatic carbocycles. The van der Waals surface area contributed by atoms with Crippen molar-refractivity contribution in [3.05, 3.63) is 54.0 Å². The Kier molecular flexibility index (Phi) is 7.30. The number of halogens is 1. The van der Waals surface area contributed by atoms with Crippen molar-refractivity contribution < 1.29 is 9.21 Å². The highest BCUT2D eigenvalue weighted by Crippen LogP contribution is 2.31. The van der Waals surface area contributed by atoms with Gasteiger partial charge in [0.05, 0.1) is 6.26 Å². The average Bonchev–Trinajstić information content (AvgIpc) is 3.10. The molecule has 1 aliphatic rings. The molecule has 2 heterocycles. The number of nitrogens with one attached hydrogen (secondary N) is 3. The zero-order valence-corrected chi connectivity index (χ0v) is 16.4. The van der Waals surface area contributed by atoms with Crippen LogP contribution in [0.3, 0.4) is 0 Å². The number of guanidine groups is 1. The van der Waals surface area contributed by atoms with Crippen molar-refractivity contribution >= 4 is 41.5 Å². The largest absolute Gasteiger partial charge is 0.467 e. The van der Waals surface area contributed by atoms with Crippen LogP contribution in [0.4, 0.5) is 5.69 Å². The number of carbonyl (C=O) groups excluding carboxylic acids is 1. The third-order valence-corrected chi connectivity index (χ3v) is 3.94. The Morgan fingerprint density at radius 3 is 2.88 bits per heavy atom. The average molecular weight is 454 g/mol. The van der Waals surface area contributed by atoms with Crippen LogP contribution < -0.4 is 16.0 Å². The lowest BCUT2D eigenvalue weighted by Crippen LogP contribution is -2.40. The maximum absolute atomic E-state index is 11.9. The number of benzene rings is 1. The predicted molar refractivity (Wildman–Crippen MR) is 109 cm³/mol. The van der Waals surface area contributed by atoms with Gasteiger partial charge in [-0.15, -0.1) is 24.0 Å². The summed E-state index contributed by atoms with van der Waals surface area (Å²) in [5.74, 6) is 1.72. The minimum absolute atomic E-state index is 0. The van der Waals surface area contributed by atoms with Crippen LogP contribution >= 0.6 is 24.0 Å². The van der Waals surface area contributed by atoms with E-state index in [0.29, 0.717) is 19.5 Å². The molecule has 1 atom stereocenters. The van der Waals surface area contributed by atoms with Crippen LogP contribution in [0, 0.1) is 0 Å². The quantitative estimate of drug-likeness (QED) is 0.369. The monoisotopic (exact) mass is 454 g/mol. The fraction of sp³-hybridized carbons (Fsp3) is 0.333. The summed E-state index contributed by atoms with van der Waals surface area (Å²) in [6.07, 6.45) is 2.12. The lowest BCUT2D eigenvalue weighted by atomic mass is 9.90. The van der Waals surface area contributed by atoms with E-state index in [-0.39, 0.29) is 35.8 Å². The summed E-state index contributed by atoms with van der Waals surface area (Å²) in [7, 11) is 0. The summed E-state index contributed by atoms with van der Waals surface area (Å²) in [5.41, 5.74) is 2.06. The minimum atomic E-state index is 0. The van der Waals surface area contributed by atoms with E-state index in [1.807, 2.05) is 37.3 Å². The molecule has 1 amide bonds. The van der Waals surface area contributed by atoms with Gasteiger partial charge in [-0.05, 0) is 30.7 Å². The molecule has 1 unspecified atom stereocenters. The van der Waals surface area contributed by atoms with Gasteiger partial charge in [0.15, 0.2) is 5.96 Å². The summed E-state index contributed by atoms with van der Waals surface area (Å²) in [6.45, 7) is 3.91. The van der Waals surface area contributed by atoms with E-state index in [4.69, 9.17) is 4.42 Å². The molecule has 0 saturated heterocycles. The number of para-hydroxylation sites is 1. The van der Waals surface area contributed by atoms with E-state index in [9.17, 15) is 4.79 Å². The lowest BCUT2D eigenvalue weighted by Gasteiger charge is -2.26. The maximum atomic E-state index is 11.9. The molecule has 0 saturated carbocycles. The molecule has 0 fully saturated rings. The second kappa shape index (κ2) is 9.45. The van der Waals surface area contributed by atoms with Crippen molar-refractivity contribution in [1.82, 2.24) is 10.6 Å². The number of carbonyl (C=O) groups is 1. The standard InChI is InChI=1S/C18H22N4O2.HI/c1-2-19-18(21-12-14-6-5-9-24-14)20-11-13-10-17(23)22-16-8-4-3-7-15(13)16;/h3-9,13H,2,10-12H2,1H3,(H,22,23)(H2,19,20,21);1H. The number of rotatable bonds is 5. The number of hydrogen-bond acceptors (Lipinski definition) is 3. The molecule has 134 valence electrons. The summed E-state index contributed by atoms with van der Waals surface area (Å²) >= 11 is 0. The molecule has 1 aromatic carbocycles. The smallest absolute Gasteiger partial charge is 0.225 e. The molecule has 3 N–H and O–H groups in total. The molecule has 0 radical (unpaired) electrons. The topological polar surface area (TPSA) is 78.7 Å². The summed E-state index contributed by atoms with van der Waals surface area (Å²) in [5, 5.41) is 9.47. The van der Waals surface area contributed by atoms with Crippen molar-refractivity contribution in [2.45, 2.75) is 25.8 Å². The summed E-state index contributed by atoms with van der Waals surface area (Å²) < 4.78 is 5.30. The molecular weight excluding hydrogens is 431 g/mol. The van der Waals surface area contributed by atoms with Gasteiger partial charge in [-0.25, -0.2) is 4.99 Å². The zero-order chi connectivity index (χ0) is 16.8. The minimum Gasteiger partial charge on any atom is -0.467 e. The SMILES string of the molecule is CCNC(=NCc1ccco1)NCC1CC(=O)Nc2ccccc21.I. The zero-order valence-electron chi connectivity index (χ0n) is 14.1. The molecule has 0 bridgehead atoms. The van der Waals surface area contributed by atoms with Crippen molar-refractivity contribution in [2.75, 3.05) is 18.4 Å². The molecule has 1 aliphatic heterocycles. The number of hydrogen-bond donors (Lipinski definition) is 3. The van der Waals surface area contributed by atoms with Crippen molar-refractivity contribution in [3.8, 4) is 0 Å². The van der Waals surface area contributed by atoms with E-state index in [2.05, 4.69) is 27.0 Å². The van der Waals surface area contributed by atoms with Crippen molar-refractivity contribution in [3.63, 3.8) is 0 Å². The highest BCUT2D eigenvalue weighted by atomic mass is 127. The normalized spacial score (nSPS) is 16.4. The number of anilines is 1. The Morgan fingerprint density at radius 2 is 2.12 bits per heavy atom. The first-order chi connectivity index (χ1) is 11.8. The van der Waals surface area contributed by atoms with Gasteiger partial charge in [0.1, 0.15) is 12.3 Å². The van der Waals surface area contributed by atoms with Gasteiger partial charge in [-0.1, -0.05) is 18.2 Å². The fourth-order valence-electron chi connectivity index (χ4n) is 2.81. The second-order valence-corrected chi connectivity index (χ2v) is 5.69. The van der Waals surface area contributed by atoms with E-state index in [0.717, 1.165) is 29.5 Å². The number of amides is 1. The van der Waals surface area contributed by atoms with Crippen LogP contribution in [0.2, 0.25) is 0 Å². The first-order valence-corrected chi connectivity index (χ1v) is 8.19. The Balaban J connectivity index is 0.00000225. The van der Waals surface area contributed by atoms with E-state index < -0.39 is 0 Å². The second-order valence-electron chi connectivity index (χ2n) is 5.69. The van der Waals surface area contributed by atoms with Crippen molar-refractivity contribution in [1.29, 1.82) is 0 Å². The molecule has 6 nitrogen and oxygen atoms in total. The number of nitrogens with zero attached hydrogens (tertiary/aromatic N) is 1. The van der Waals surface area contributed by atoms with Crippen LogP contribution in [0.15, 0.2) is 52.1 Å². The van der Waals surface area contributed by atoms with Crippen LogP contribution in [0.1, 0.15) is 30.6 Å². The van der Waals surface area contributed by atoms with Gasteiger partial charge < -0.3 is 20.4 Å². The van der Waals surface area contributed by atoms with E-state index in [1.54, 1.807) is 6.26 Å². The van der Waals surface area contributed by atoms with Crippen LogP contribution in [0.5, 0.6) is 0 Å². The first-order valence-electron chi connectivity index (χ1n) is 8.19. The molecule has 25 heavy (non-hydrogen) atoms. The lowest BCUT2D eigenvalue weighted by molar-refractivity contribution is -0.116. The third-order valence-electron chi connectivity index (χ3n) is 3.94. The Morgan fingerprint density at radius 1 is 1.28 bits per heavy atom. The van der Waals surface area contributed by atoms with Gasteiger partial charge in [-0.3, -0.25) is 4.79 Å². The van der Waals surface area contributed by atoms with Crippen LogP contribution in [-0.2, 0) is 11.3 Å². The molecule has 1 aromatic heterocycles. The fourth-order valence-corrected chi connectivity index (χ4v) is 2.81. The highest BCUT2D eigenvalue weighted by Gasteiger charge is 2.24. The first kappa shape index (κ1) is 19.3. The van der Waals surface area contributed by atoms with Crippen molar-refractivity contribution in [2.24, 2.45) is 4.99 Å².